The van der Waals surface area contributed by atoms with Crippen LogP contribution < -0.4 is 10.1 Å². The number of anilines is 1. The van der Waals surface area contributed by atoms with Gasteiger partial charge in [-0.3, -0.25) is 4.79 Å². The number of benzene rings is 2. The van der Waals surface area contributed by atoms with Crippen LogP contribution in [0.15, 0.2) is 47.8 Å². The van der Waals surface area contributed by atoms with Gasteiger partial charge >= 0.3 is 0 Å². The first kappa shape index (κ1) is 20.9. The first-order valence-corrected chi connectivity index (χ1v) is 10.4. The topological polar surface area (TPSA) is 94.8 Å². The van der Waals surface area contributed by atoms with Crippen molar-refractivity contribution in [3.8, 4) is 11.4 Å². The van der Waals surface area contributed by atoms with E-state index in [4.69, 9.17) is 16.3 Å². The van der Waals surface area contributed by atoms with Crippen molar-refractivity contribution >= 4 is 34.5 Å². The van der Waals surface area contributed by atoms with Crippen LogP contribution in [-0.4, -0.2) is 31.1 Å². The number of nitrogens with zero attached hydrogens (tertiary/aromatic N) is 5. The molecule has 0 fully saturated rings. The summed E-state index contributed by atoms with van der Waals surface area (Å²) in [6, 6.07) is 11.2. The van der Waals surface area contributed by atoms with Gasteiger partial charge in [0.2, 0.25) is 5.91 Å². The summed E-state index contributed by atoms with van der Waals surface area (Å²) in [6.45, 7) is 1.95. The minimum absolute atomic E-state index is 0.0774. The molecule has 0 bridgehead atoms. The summed E-state index contributed by atoms with van der Waals surface area (Å²) in [5.41, 5.74) is 1.20. The molecular weight excluding hydrogens is 443 g/mol. The summed E-state index contributed by atoms with van der Waals surface area (Å²) < 4.78 is 21.1. The van der Waals surface area contributed by atoms with Crippen LogP contribution in [0.1, 0.15) is 16.5 Å². The van der Waals surface area contributed by atoms with Crippen LogP contribution in [0.4, 0.5) is 10.1 Å². The van der Waals surface area contributed by atoms with E-state index in [0.29, 0.717) is 34.6 Å². The Morgan fingerprint density at radius 2 is 2.06 bits per heavy atom. The van der Waals surface area contributed by atoms with Gasteiger partial charge in [-0.2, -0.15) is 4.68 Å². The van der Waals surface area contributed by atoms with E-state index in [1.165, 1.54) is 34.2 Å². The molecule has 0 unspecified atom stereocenters. The zero-order valence-corrected chi connectivity index (χ0v) is 17.8. The van der Waals surface area contributed by atoms with E-state index in [2.05, 4.69) is 25.8 Å². The molecule has 0 aliphatic carbocycles. The van der Waals surface area contributed by atoms with Crippen LogP contribution in [0.2, 0.25) is 5.02 Å². The van der Waals surface area contributed by atoms with Crippen LogP contribution in [0, 0.1) is 12.7 Å². The van der Waals surface area contributed by atoms with Gasteiger partial charge in [0.1, 0.15) is 28.9 Å². The highest BCUT2D eigenvalue weighted by Gasteiger charge is 2.13. The van der Waals surface area contributed by atoms with E-state index in [-0.39, 0.29) is 18.0 Å². The Balaban J connectivity index is 1.36. The molecule has 4 aromatic rings. The SMILES string of the molecule is Cc1nnnn1-c1cc(NC(=O)Cc2csc(COc3ccc(Cl)cc3)n2)ccc1F. The highest BCUT2D eigenvalue weighted by Crippen LogP contribution is 2.20. The molecule has 2 aromatic heterocycles. The Morgan fingerprint density at radius 3 is 2.81 bits per heavy atom. The monoisotopic (exact) mass is 458 g/mol. The van der Waals surface area contributed by atoms with Gasteiger partial charge in [-0.15, -0.1) is 16.4 Å². The number of thiazole rings is 1. The lowest BCUT2D eigenvalue weighted by atomic mass is 10.2. The van der Waals surface area contributed by atoms with E-state index in [0.717, 1.165) is 5.01 Å². The van der Waals surface area contributed by atoms with E-state index in [9.17, 15) is 9.18 Å². The molecule has 1 N–H and O–H groups in total. The molecule has 0 saturated carbocycles. The molecule has 8 nitrogen and oxygen atoms in total. The molecule has 31 heavy (non-hydrogen) atoms. The smallest absolute Gasteiger partial charge is 0.230 e. The highest BCUT2D eigenvalue weighted by molar-refractivity contribution is 7.09. The Hall–Kier alpha value is -3.37. The zero-order valence-electron chi connectivity index (χ0n) is 16.2. The number of hydrogen-bond acceptors (Lipinski definition) is 7. The quantitative estimate of drug-likeness (QED) is 0.450. The van der Waals surface area contributed by atoms with E-state index < -0.39 is 5.82 Å². The molecule has 0 atom stereocenters. The largest absolute Gasteiger partial charge is 0.486 e. The minimum atomic E-state index is -0.502. The second-order valence-electron chi connectivity index (χ2n) is 6.50. The first-order valence-electron chi connectivity index (χ1n) is 9.14. The predicted octanol–water partition coefficient (Wildman–Crippen LogP) is 3.98. The predicted molar refractivity (Wildman–Crippen MR) is 114 cm³/mol. The number of rotatable bonds is 7. The van der Waals surface area contributed by atoms with Gasteiger partial charge in [0.25, 0.3) is 0 Å². The molecule has 0 aliphatic heterocycles. The lowest BCUT2D eigenvalue weighted by Gasteiger charge is -2.08. The van der Waals surface area contributed by atoms with Crippen molar-refractivity contribution < 1.29 is 13.9 Å². The summed E-state index contributed by atoms with van der Waals surface area (Å²) >= 11 is 7.26. The number of tetrazole rings is 1. The van der Waals surface area contributed by atoms with Gasteiger partial charge in [0.15, 0.2) is 5.82 Å². The van der Waals surface area contributed by atoms with Crippen LogP contribution in [0.5, 0.6) is 5.75 Å². The second kappa shape index (κ2) is 9.19. The fourth-order valence-corrected chi connectivity index (χ4v) is 3.58. The van der Waals surface area contributed by atoms with Crippen molar-refractivity contribution in [1.29, 1.82) is 0 Å². The number of halogens is 2. The van der Waals surface area contributed by atoms with Crippen molar-refractivity contribution in [1.82, 2.24) is 25.2 Å². The number of ether oxygens (including phenoxy) is 1. The zero-order chi connectivity index (χ0) is 21.8. The number of aryl methyl sites for hydroxylation is 1. The fraction of sp³-hybridized carbons (Fsp3) is 0.150. The van der Waals surface area contributed by atoms with Crippen molar-refractivity contribution in [3.63, 3.8) is 0 Å². The summed E-state index contributed by atoms with van der Waals surface area (Å²) in [7, 11) is 0. The average Bonchev–Trinajstić information content (AvgIpc) is 3.37. The van der Waals surface area contributed by atoms with Crippen molar-refractivity contribution in [2.45, 2.75) is 20.0 Å². The fourth-order valence-electron chi connectivity index (χ4n) is 2.75. The third kappa shape index (κ3) is 5.22. The van der Waals surface area contributed by atoms with Crippen LogP contribution in [-0.2, 0) is 17.8 Å². The lowest BCUT2D eigenvalue weighted by molar-refractivity contribution is -0.115. The number of carbonyl (C=O) groups excluding carboxylic acids is 1. The number of carbonyl (C=O) groups is 1. The average molecular weight is 459 g/mol. The summed E-state index contributed by atoms with van der Waals surface area (Å²) in [5.74, 6) is 0.335. The Kier molecular flexibility index (Phi) is 6.19. The third-order valence-corrected chi connectivity index (χ3v) is 5.32. The van der Waals surface area contributed by atoms with E-state index >= 15 is 0 Å². The van der Waals surface area contributed by atoms with Crippen LogP contribution in [0.25, 0.3) is 5.69 Å². The third-order valence-electron chi connectivity index (χ3n) is 4.20. The molecular formula is C20H16ClFN6O2S. The van der Waals surface area contributed by atoms with Gasteiger partial charge in [-0.05, 0) is 59.8 Å². The van der Waals surface area contributed by atoms with Crippen molar-refractivity contribution in [2.75, 3.05) is 5.32 Å². The van der Waals surface area contributed by atoms with Crippen molar-refractivity contribution in [3.05, 3.63) is 75.2 Å². The maximum atomic E-state index is 14.2. The molecule has 2 heterocycles. The lowest BCUT2D eigenvalue weighted by Crippen LogP contribution is -2.15. The summed E-state index contributed by atoms with van der Waals surface area (Å²) in [4.78, 5) is 16.8. The number of aromatic nitrogens is 5. The number of nitrogens with one attached hydrogen (secondary N) is 1. The molecule has 158 valence electrons. The normalized spacial score (nSPS) is 10.8. The molecule has 1 amide bonds. The summed E-state index contributed by atoms with van der Waals surface area (Å²) in [5, 5.41) is 16.9. The molecule has 2 aromatic carbocycles. The van der Waals surface area contributed by atoms with Crippen LogP contribution in [0.3, 0.4) is 0 Å². The Morgan fingerprint density at radius 1 is 1.26 bits per heavy atom. The molecule has 0 aliphatic rings. The van der Waals surface area contributed by atoms with Crippen molar-refractivity contribution in [2.24, 2.45) is 0 Å². The Labute approximate surface area is 185 Å². The molecule has 0 radical (unpaired) electrons. The number of hydrogen-bond donors (Lipinski definition) is 1. The van der Waals surface area contributed by atoms with Gasteiger partial charge in [-0.25, -0.2) is 9.37 Å². The molecule has 11 heteroatoms. The maximum Gasteiger partial charge on any atom is 0.230 e. The van der Waals surface area contributed by atoms with Gasteiger partial charge < -0.3 is 10.1 Å². The van der Waals surface area contributed by atoms with E-state index in [1.807, 2.05) is 0 Å². The highest BCUT2D eigenvalue weighted by atomic mass is 35.5. The minimum Gasteiger partial charge on any atom is -0.486 e. The Bertz CT molecular complexity index is 1210. The van der Waals surface area contributed by atoms with Crippen LogP contribution >= 0.6 is 22.9 Å². The van der Waals surface area contributed by atoms with E-state index in [1.54, 1.807) is 36.6 Å². The molecule has 0 spiro atoms. The summed E-state index contributed by atoms with van der Waals surface area (Å²) in [6.07, 6.45) is 0.0774. The molecule has 4 rings (SSSR count). The maximum absolute atomic E-state index is 14.2. The van der Waals surface area contributed by atoms with Gasteiger partial charge in [0, 0.05) is 16.1 Å². The molecule has 0 saturated heterocycles. The number of amides is 1. The van der Waals surface area contributed by atoms with Gasteiger partial charge in [0.05, 0.1) is 12.1 Å². The first-order chi connectivity index (χ1) is 15.0. The van der Waals surface area contributed by atoms with Gasteiger partial charge in [-0.1, -0.05) is 11.6 Å². The second-order valence-corrected chi connectivity index (χ2v) is 7.88. The standard InChI is InChI=1S/C20H16ClFN6O2S/c1-12-25-26-27-28(12)18-8-14(4-7-17(18)22)23-19(29)9-15-11-31-20(24-15)10-30-16-5-2-13(21)3-6-16/h2-8,11H,9-10H2,1H3,(H,23,29).